The number of hydrogen-bond donors (Lipinski definition) is 1. The molecule has 19 heavy (non-hydrogen) atoms. The van der Waals surface area contributed by atoms with Gasteiger partial charge in [0.15, 0.2) is 0 Å². The van der Waals surface area contributed by atoms with Crippen LogP contribution in [0.2, 0.25) is 0 Å². The van der Waals surface area contributed by atoms with Crippen molar-refractivity contribution in [1.29, 1.82) is 0 Å². The molecule has 0 aliphatic heterocycles. The van der Waals surface area contributed by atoms with Crippen LogP contribution < -0.4 is 10.5 Å². The molecule has 0 saturated heterocycles. The largest absolute Gasteiger partial charge is 0.573 e. The van der Waals surface area contributed by atoms with Crippen molar-refractivity contribution in [1.82, 2.24) is 4.98 Å². The topological polar surface area (TPSA) is 48.1 Å². The number of halogens is 3. The van der Waals surface area contributed by atoms with Crippen molar-refractivity contribution in [3.63, 3.8) is 0 Å². The number of aromatic nitrogens is 1. The highest BCUT2D eigenvalue weighted by Crippen LogP contribution is 2.23. The van der Waals surface area contributed by atoms with E-state index in [1.807, 2.05) is 0 Å². The van der Waals surface area contributed by atoms with Crippen LogP contribution in [0.5, 0.6) is 5.75 Å². The molecule has 0 aliphatic rings. The highest BCUT2D eigenvalue weighted by Gasteiger charge is 2.30. The molecule has 2 rings (SSSR count). The molecule has 0 radical (unpaired) electrons. The molecule has 6 heteroatoms. The second-order valence-corrected chi connectivity index (χ2v) is 3.94. The predicted molar refractivity (Wildman–Crippen MR) is 64.6 cm³/mol. The molecule has 1 heterocycles. The summed E-state index contributed by atoms with van der Waals surface area (Å²) in [5.74, 6) is -0.240. The van der Waals surface area contributed by atoms with Crippen LogP contribution in [0.4, 0.5) is 18.9 Å². The lowest BCUT2D eigenvalue weighted by molar-refractivity contribution is -0.274. The first-order chi connectivity index (χ1) is 8.94. The van der Waals surface area contributed by atoms with Crippen LogP contribution in [0.3, 0.4) is 0 Å². The van der Waals surface area contributed by atoms with Crippen LogP contribution in [0, 0.1) is 0 Å². The lowest BCUT2D eigenvalue weighted by atomic mass is 10.1. The molecule has 100 valence electrons. The standard InChI is InChI=1S/C13H11F3N2O/c14-13(15,16)19-11-3-1-9(2-4-11)7-10-8-18-6-5-12(10)17/h1-6,8H,7H2,(H2,17,18). The number of nitrogen functional groups attached to an aromatic ring is 1. The number of hydrogen-bond acceptors (Lipinski definition) is 3. The summed E-state index contributed by atoms with van der Waals surface area (Å²) in [4.78, 5) is 3.95. The monoisotopic (exact) mass is 268 g/mol. The van der Waals surface area contributed by atoms with Gasteiger partial charge in [-0.15, -0.1) is 13.2 Å². The average molecular weight is 268 g/mol. The number of nitrogens with zero attached hydrogens (tertiary/aromatic N) is 1. The van der Waals surface area contributed by atoms with Crippen molar-refractivity contribution in [2.45, 2.75) is 12.8 Å². The van der Waals surface area contributed by atoms with Crippen molar-refractivity contribution in [2.24, 2.45) is 0 Å². The van der Waals surface area contributed by atoms with Gasteiger partial charge < -0.3 is 10.5 Å². The Morgan fingerprint density at radius 2 is 1.79 bits per heavy atom. The van der Waals surface area contributed by atoms with E-state index in [0.717, 1.165) is 11.1 Å². The van der Waals surface area contributed by atoms with Crippen molar-refractivity contribution in [3.05, 3.63) is 53.9 Å². The van der Waals surface area contributed by atoms with Crippen LogP contribution in [-0.4, -0.2) is 11.3 Å². The molecule has 0 bridgehead atoms. The first-order valence-electron chi connectivity index (χ1n) is 5.47. The SMILES string of the molecule is Nc1ccncc1Cc1ccc(OC(F)(F)F)cc1. The summed E-state index contributed by atoms with van der Waals surface area (Å²) in [6.45, 7) is 0. The van der Waals surface area contributed by atoms with Gasteiger partial charge in [0, 0.05) is 24.5 Å². The third-order valence-corrected chi connectivity index (χ3v) is 2.49. The molecule has 1 aromatic heterocycles. The predicted octanol–water partition coefficient (Wildman–Crippen LogP) is 3.15. The summed E-state index contributed by atoms with van der Waals surface area (Å²) in [5.41, 5.74) is 8.02. The summed E-state index contributed by atoms with van der Waals surface area (Å²) in [6, 6.07) is 7.35. The normalized spacial score (nSPS) is 11.3. The van der Waals surface area contributed by atoms with Crippen molar-refractivity contribution in [3.8, 4) is 5.75 Å². The van der Waals surface area contributed by atoms with Crippen molar-refractivity contribution < 1.29 is 17.9 Å². The second kappa shape index (κ2) is 5.17. The van der Waals surface area contributed by atoms with Gasteiger partial charge in [0.05, 0.1) is 0 Å². The summed E-state index contributed by atoms with van der Waals surface area (Å²) < 4.78 is 39.8. The maximum Gasteiger partial charge on any atom is 0.573 e. The molecule has 0 atom stereocenters. The summed E-state index contributed by atoms with van der Waals surface area (Å²) in [7, 11) is 0. The third kappa shape index (κ3) is 3.87. The minimum atomic E-state index is -4.67. The van der Waals surface area contributed by atoms with E-state index in [4.69, 9.17) is 5.73 Å². The van der Waals surface area contributed by atoms with Crippen molar-refractivity contribution >= 4 is 5.69 Å². The minimum absolute atomic E-state index is 0.240. The van der Waals surface area contributed by atoms with Gasteiger partial charge in [-0.1, -0.05) is 12.1 Å². The molecular weight excluding hydrogens is 257 g/mol. The molecule has 0 aliphatic carbocycles. The summed E-state index contributed by atoms with van der Waals surface area (Å²) >= 11 is 0. The van der Waals surface area contributed by atoms with Gasteiger partial charge in [-0.3, -0.25) is 4.98 Å². The van der Waals surface area contributed by atoms with Crippen LogP contribution >= 0.6 is 0 Å². The number of pyridine rings is 1. The van der Waals surface area contributed by atoms with Crippen LogP contribution in [-0.2, 0) is 6.42 Å². The zero-order valence-corrected chi connectivity index (χ0v) is 9.82. The van der Waals surface area contributed by atoms with Gasteiger partial charge in [0.1, 0.15) is 5.75 Å². The lowest BCUT2D eigenvalue weighted by Crippen LogP contribution is -2.17. The maximum atomic E-state index is 12.0. The molecule has 2 N–H and O–H groups in total. The Kier molecular flexibility index (Phi) is 3.59. The van der Waals surface area contributed by atoms with Gasteiger partial charge >= 0.3 is 6.36 Å². The van der Waals surface area contributed by atoms with Gasteiger partial charge in [0.25, 0.3) is 0 Å². The highest BCUT2D eigenvalue weighted by molar-refractivity contribution is 5.47. The molecular formula is C13H11F3N2O. The zero-order chi connectivity index (χ0) is 13.9. The van der Waals surface area contributed by atoms with Crippen LogP contribution in [0.25, 0.3) is 0 Å². The average Bonchev–Trinajstić information content (AvgIpc) is 2.33. The minimum Gasteiger partial charge on any atom is -0.406 e. The molecule has 0 saturated carbocycles. The van der Waals surface area contributed by atoms with E-state index in [0.29, 0.717) is 12.1 Å². The lowest BCUT2D eigenvalue weighted by Gasteiger charge is -2.09. The van der Waals surface area contributed by atoms with E-state index in [1.165, 1.54) is 12.1 Å². The van der Waals surface area contributed by atoms with Crippen molar-refractivity contribution in [2.75, 3.05) is 5.73 Å². The van der Waals surface area contributed by atoms with Gasteiger partial charge in [-0.05, 0) is 29.3 Å². The third-order valence-electron chi connectivity index (χ3n) is 2.49. The number of nitrogens with two attached hydrogens (primary N) is 1. The maximum absolute atomic E-state index is 12.0. The van der Waals surface area contributed by atoms with Crippen LogP contribution in [0.1, 0.15) is 11.1 Å². The molecule has 0 amide bonds. The fraction of sp³-hybridized carbons (Fsp3) is 0.154. The summed E-state index contributed by atoms with van der Waals surface area (Å²) in [6.07, 6.45) is -0.949. The molecule has 3 nitrogen and oxygen atoms in total. The Labute approximate surface area is 107 Å². The Balaban J connectivity index is 2.09. The number of benzene rings is 1. The zero-order valence-electron chi connectivity index (χ0n) is 9.82. The van der Waals surface area contributed by atoms with Gasteiger partial charge in [0.2, 0.25) is 0 Å². The molecule has 0 fully saturated rings. The van der Waals surface area contributed by atoms with Gasteiger partial charge in [-0.25, -0.2) is 0 Å². The Hall–Kier alpha value is -2.24. The Morgan fingerprint density at radius 1 is 1.11 bits per heavy atom. The fourth-order valence-corrected chi connectivity index (χ4v) is 1.61. The number of anilines is 1. The van der Waals surface area contributed by atoms with Crippen LogP contribution in [0.15, 0.2) is 42.7 Å². The Bertz CT molecular complexity index is 553. The number of ether oxygens (including phenoxy) is 1. The fourth-order valence-electron chi connectivity index (χ4n) is 1.61. The van der Waals surface area contributed by atoms with E-state index in [2.05, 4.69) is 9.72 Å². The van der Waals surface area contributed by atoms with E-state index < -0.39 is 6.36 Å². The van der Waals surface area contributed by atoms with E-state index in [-0.39, 0.29) is 5.75 Å². The van der Waals surface area contributed by atoms with E-state index >= 15 is 0 Å². The van der Waals surface area contributed by atoms with E-state index in [1.54, 1.807) is 30.6 Å². The molecule has 0 unspecified atom stereocenters. The molecule has 0 spiro atoms. The Morgan fingerprint density at radius 3 is 2.37 bits per heavy atom. The molecule has 2 aromatic rings. The number of rotatable bonds is 3. The highest BCUT2D eigenvalue weighted by atomic mass is 19.4. The first kappa shape index (κ1) is 13.2. The second-order valence-electron chi connectivity index (χ2n) is 3.94. The first-order valence-corrected chi connectivity index (χ1v) is 5.47. The van der Waals surface area contributed by atoms with Gasteiger partial charge in [-0.2, -0.15) is 0 Å². The smallest absolute Gasteiger partial charge is 0.406 e. The molecule has 1 aromatic carbocycles. The van der Waals surface area contributed by atoms with E-state index in [9.17, 15) is 13.2 Å². The quantitative estimate of drug-likeness (QED) is 0.930. The number of alkyl halides is 3. The summed E-state index contributed by atoms with van der Waals surface area (Å²) in [5, 5.41) is 0.